The Bertz CT molecular complexity index is 3890. The van der Waals surface area contributed by atoms with Gasteiger partial charge in [0.15, 0.2) is 5.58 Å². The van der Waals surface area contributed by atoms with Crippen molar-refractivity contribution in [3.63, 3.8) is 0 Å². The van der Waals surface area contributed by atoms with Gasteiger partial charge in [-0.2, -0.15) is 0 Å². The zero-order valence-corrected chi connectivity index (χ0v) is 34.2. The van der Waals surface area contributed by atoms with Crippen LogP contribution in [0.4, 0.5) is 0 Å². The molecule has 63 heavy (non-hydrogen) atoms. The van der Waals surface area contributed by atoms with E-state index < -0.39 is 0 Å². The second-order valence-corrected chi connectivity index (χ2v) is 16.4. The summed E-state index contributed by atoms with van der Waals surface area (Å²) in [6.07, 6.45) is 0. The molecule has 0 aliphatic carbocycles. The molecule has 3 aromatic heterocycles. The average molecular weight is 803 g/mol. The van der Waals surface area contributed by atoms with E-state index >= 15 is 0 Å². The fourth-order valence-electron chi connectivity index (χ4n) is 10.1. The minimum atomic E-state index is 0.869. The van der Waals surface area contributed by atoms with Gasteiger partial charge >= 0.3 is 0 Å². The number of para-hydroxylation sites is 3. The average Bonchev–Trinajstić information content (AvgIpc) is 4.02. The van der Waals surface area contributed by atoms with Crippen LogP contribution in [-0.4, -0.2) is 9.13 Å². The molecule has 3 heteroatoms. The van der Waals surface area contributed by atoms with E-state index in [0.29, 0.717) is 0 Å². The quantitative estimate of drug-likeness (QED) is 0.164. The molecule has 0 atom stereocenters. The topological polar surface area (TPSA) is 23.0 Å². The number of benzene rings is 10. The highest BCUT2D eigenvalue weighted by Gasteiger charge is 2.22. The number of furan rings is 1. The lowest BCUT2D eigenvalue weighted by molar-refractivity contribution is 0.666. The molecule has 0 N–H and O–H groups in total. The molecule has 0 spiro atoms. The Morgan fingerprint density at radius 2 is 0.778 bits per heavy atom. The lowest BCUT2D eigenvalue weighted by Crippen LogP contribution is -1.96. The minimum absolute atomic E-state index is 0.869. The number of hydrogen-bond acceptors (Lipinski definition) is 1. The van der Waals surface area contributed by atoms with Crippen molar-refractivity contribution in [2.24, 2.45) is 0 Å². The first-order valence-corrected chi connectivity index (χ1v) is 21.6. The molecular weight excluding hydrogens is 765 g/mol. The first-order valence-electron chi connectivity index (χ1n) is 21.6. The molecule has 0 bridgehead atoms. The Balaban J connectivity index is 1.02. The van der Waals surface area contributed by atoms with Crippen LogP contribution in [0.25, 0.3) is 121 Å². The van der Waals surface area contributed by atoms with Crippen molar-refractivity contribution in [2.75, 3.05) is 0 Å². The molecule has 0 fully saturated rings. The maximum Gasteiger partial charge on any atom is 0.160 e. The zero-order valence-electron chi connectivity index (χ0n) is 34.2. The van der Waals surface area contributed by atoms with Gasteiger partial charge in [0.25, 0.3) is 0 Å². The number of fused-ring (bicyclic) bond motifs is 9. The predicted molar refractivity (Wildman–Crippen MR) is 264 cm³/mol. The van der Waals surface area contributed by atoms with Crippen molar-refractivity contribution in [2.45, 2.75) is 0 Å². The van der Waals surface area contributed by atoms with Crippen LogP contribution in [-0.2, 0) is 0 Å². The lowest BCUT2D eigenvalue weighted by atomic mass is 9.91. The zero-order chi connectivity index (χ0) is 41.4. The molecule has 0 saturated carbocycles. The molecule has 13 rings (SSSR count). The van der Waals surface area contributed by atoms with Gasteiger partial charge in [-0.15, -0.1) is 0 Å². The third-order valence-corrected chi connectivity index (χ3v) is 13.0. The highest BCUT2D eigenvalue weighted by atomic mass is 16.3. The third-order valence-electron chi connectivity index (χ3n) is 13.0. The van der Waals surface area contributed by atoms with Crippen LogP contribution < -0.4 is 0 Å². The molecule has 3 nitrogen and oxygen atoms in total. The van der Waals surface area contributed by atoms with Crippen molar-refractivity contribution in [1.29, 1.82) is 0 Å². The molecule has 0 aliphatic heterocycles. The van der Waals surface area contributed by atoms with Gasteiger partial charge < -0.3 is 13.6 Å². The standard InChI is InChI=1S/C60H38N2O/c1-3-15-39(16-4-1)40-27-31-44(32-28-40)61-53-24-12-9-21-47(53)49-33-29-42(37-56(49)61)43-30-34-50-48-22-10-13-25-54(48)62(57(50)38-43)55-36-35-51(59-52-23-11-14-26-58(52)63-60(55)59)46-20-8-7-19-45(46)41-17-5-2-6-18-41/h1-38H. The van der Waals surface area contributed by atoms with Gasteiger partial charge in [0.2, 0.25) is 0 Å². The summed E-state index contributed by atoms with van der Waals surface area (Å²) < 4.78 is 11.8. The van der Waals surface area contributed by atoms with E-state index in [9.17, 15) is 0 Å². The largest absolute Gasteiger partial charge is 0.454 e. The summed E-state index contributed by atoms with van der Waals surface area (Å²) in [5.41, 5.74) is 18.0. The highest BCUT2D eigenvalue weighted by Crippen LogP contribution is 2.45. The van der Waals surface area contributed by atoms with Gasteiger partial charge in [-0.1, -0.05) is 182 Å². The Morgan fingerprint density at radius 3 is 1.46 bits per heavy atom. The lowest BCUT2D eigenvalue weighted by Gasteiger charge is -2.15. The monoisotopic (exact) mass is 802 g/mol. The number of rotatable bonds is 6. The van der Waals surface area contributed by atoms with Crippen LogP contribution in [0.15, 0.2) is 235 Å². The fourth-order valence-corrected chi connectivity index (χ4v) is 10.1. The van der Waals surface area contributed by atoms with Crippen molar-refractivity contribution in [3.05, 3.63) is 231 Å². The third kappa shape index (κ3) is 5.53. The minimum Gasteiger partial charge on any atom is -0.454 e. The number of nitrogens with zero attached hydrogens (tertiary/aromatic N) is 2. The van der Waals surface area contributed by atoms with Crippen molar-refractivity contribution < 1.29 is 4.42 Å². The predicted octanol–water partition coefficient (Wildman–Crippen LogP) is 16.4. The summed E-state index contributed by atoms with van der Waals surface area (Å²) in [7, 11) is 0. The SMILES string of the molecule is c1ccc(-c2ccc(-n3c4ccccc4c4ccc(-c5ccc6c7ccccc7n(-c7ccc(-c8ccccc8-c8ccccc8)c8c7oc7ccccc78)c6c5)cc43)cc2)cc1. The molecule has 13 aromatic rings. The van der Waals surface area contributed by atoms with Gasteiger partial charge in [0.05, 0.1) is 27.8 Å². The van der Waals surface area contributed by atoms with Gasteiger partial charge in [-0.05, 0) is 93.0 Å². The van der Waals surface area contributed by atoms with Gasteiger partial charge in [-0.3, -0.25) is 0 Å². The van der Waals surface area contributed by atoms with Crippen LogP contribution in [0.3, 0.4) is 0 Å². The highest BCUT2D eigenvalue weighted by molar-refractivity contribution is 6.18. The van der Waals surface area contributed by atoms with E-state index in [0.717, 1.165) is 61.0 Å². The molecule has 10 aromatic carbocycles. The van der Waals surface area contributed by atoms with Crippen molar-refractivity contribution in [3.8, 4) is 55.9 Å². The molecule has 294 valence electrons. The summed E-state index contributed by atoms with van der Waals surface area (Å²) in [5.74, 6) is 0. The maximum atomic E-state index is 6.97. The fraction of sp³-hybridized carbons (Fsp3) is 0. The van der Waals surface area contributed by atoms with Crippen LogP contribution in [0.2, 0.25) is 0 Å². The van der Waals surface area contributed by atoms with E-state index in [1.165, 1.54) is 60.4 Å². The Morgan fingerprint density at radius 1 is 0.286 bits per heavy atom. The molecule has 0 radical (unpaired) electrons. The van der Waals surface area contributed by atoms with E-state index in [-0.39, 0.29) is 0 Å². The Kier molecular flexibility index (Phi) is 7.91. The van der Waals surface area contributed by atoms with Gasteiger partial charge in [0, 0.05) is 38.0 Å². The van der Waals surface area contributed by atoms with Crippen LogP contribution in [0.5, 0.6) is 0 Å². The molecule has 0 aliphatic rings. The summed E-state index contributed by atoms with van der Waals surface area (Å²) >= 11 is 0. The first kappa shape index (κ1) is 35.4. The summed E-state index contributed by atoms with van der Waals surface area (Å²) in [6, 6.07) is 83.3. The van der Waals surface area contributed by atoms with Crippen LogP contribution >= 0.6 is 0 Å². The van der Waals surface area contributed by atoms with Crippen molar-refractivity contribution >= 4 is 65.6 Å². The normalized spacial score (nSPS) is 11.8. The summed E-state index contributed by atoms with van der Waals surface area (Å²) in [5, 5.41) is 7.10. The van der Waals surface area contributed by atoms with Gasteiger partial charge in [0.1, 0.15) is 5.58 Å². The van der Waals surface area contributed by atoms with E-state index in [2.05, 4.69) is 240 Å². The van der Waals surface area contributed by atoms with Crippen molar-refractivity contribution in [1.82, 2.24) is 9.13 Å². The molecule has 0 amide bonds. The second-order valence-electron chi connectivity index (χ2n) is 16.4. The Labute approximate surface area is 363 Å². The van der Waals surface area contributed by atoms with E-state index in [1.54, 1.807) is 0 Å². The smallest absolute Gasteiger partial charge is 0.160 e. The maximum absolute atomic E-state index is 6.97. The first-order chi connectivity index (χ1) is 31.3. The van der Waals surface area contributed by atoms with Crippen LogP contribution in [0.1, 0.15) is 0 Å². The summed E-state index contributed by atoms with van der Waals surface area (Å²) in [6.45, 7) is 0. The molecule has 3 heterocycles. The second kappa shape index (κ2) is 14.1. The molecular formula is C60H38N2O. The number of aromatic nitrogens is 2. The molecule has 0 unspecified atom stereocenters. The Hall–Kier alpha value is -8.40. The van der Waals surface area contributed by atoms with Gasteiger partial charge in [-0.25, -0.2) is 0 Å². The molecule has 0 saturated heterocycles. The number of hydrogen-bond donors (Lipinski definition) is 0. The van der Waals surface area contributed by atoms with Crippen LogP contribution in [0, 0.1) is 0 Å². The summed E-state index contributed by atoms with van der Waals surface area (Å²) in [4.78, 5) is 0. The van der Waals surface area contributed by atoms with E-state index in [1.807, 2.05) is 0 Å². The van der Waals surface area contributed by atoms with E-state index in [4.69, 9.17) is 4.42 Å².